The lowest BCUT2D eigenvalue weighted by atomic mass is 9.76. The molecule has 0 saturated carbocycles. The van der Waals surface area contributed by atoms with Crippen LogP contribution < -0.4 is 11.1 Å². The predicted molar refractivity (Wildman–Crippen MR) is 71.0 cm³/mol. The Morgan fingerprint density at radius 2 is 2.06 bits per heavy atom. The SMILES string of the molecule is CC(C)(C)[C@H]1CCCN(C(=O)CCNC(N)=O)C1. The second-order valence-corrected chi connectivity index (χ2v) is 6.09. The Bertz CT molecular complexity index is 310. The van der Waals surface area contributed by atoms with Crippen molar-refractivity contribution < 1.29 is 9.59 Å². The van der Waals surface area contributed by atoms with E-state index in [0.29, 0.717) is 18.9 Å². The molecule has 0 aromatic carbocycles. The van der Waals surface area contributed by atoms with Gasteiger partial charge in [-0.25, -0.2) is 4.79 Å². The van der Waals surface area contributed by atoms with Crippen molar-refractivity contribution in [3.05, 3.63) is 0 Å². The van der Waals surface area contributed by atoms with Crippen molar-refractivity contribution in [2.24, 2.45) is 17.1 Å². The van der Waals surface area contributed by atoms with Gasteiger partial charge >= 0.3 is 6.03 Å². The zero-order chi connectivity index (χ0) is 13.8. The first kappa shape index (κ1) is 14.8. The summed E-state index contributed by atoms with van der Waals surface area (Å²) >= 11 is 0. The van der Waals surface area contributed by atoms with Gasteiger partial charge < -0.3 is 16.0 Å². The van der Waals surface area contributed by atoms with Gasteiger partial charge in [0.2, 0.25) is 5.91 Å². The summed E-state index contributed by atoms with van der Waals surface area (Å²) in [6, 6.07) is -0.575. The maximum Gasteiger partial charge on any atom is 0.312 e. The lowest BCUT2D eigenvalue weighted by molar-refractivity contribution is -0.133. The standard InChI is InChI=1S/C13H25N3O2/c1-13(2,3)10-5-4-8-16(9-10)11(17)6-7-15-12(14)18/h10H,4-9H2,1-3H3,(H3,14,15,18)/t10-/m0/s1. The maximum absolute atomic E-state index is 12.0. The summed E-state index contributed by atoms with van der Waals surface area (Å²) in [5, 5.41) is 2.45. The fourth-order valence-corrected chi connectivity index (χ4v) is 2.36. The first-order chi connectivity index (χ1) is 8.30. The largest absolute Gasteiger partial charge is 0.352 e. The number of primary amides is 1. The van der Waals surface area contributed by atoms with Crippen LogP contribution in [0.5, 0.6) is 0 Å². The maximum atomic E-state index is 12.0. The highest BCUT2D eigenvalue weighted by atomic mass is 16.2. The number of nitrogens with zero attached hydrogens (tertiary/aromatic N) is 1. The van der Waals surface area contributed by atoms with Crippen LogP contribution in [0, 0.1) is 11.3 Å². The number of likely N-dealkylation sites (tertiary alicyclic amines) is 1. The zero-order valence-corrected chi connectivity index (χ0v) is 11.7. The monoisotopic (exact) mass is 255 g/mol. The summed E-state index contributed by atoms with van der Waals surface area (Å²) < 4.78 is 0. The minimum Gasteiger partial charge on any atom is -0.352 e. The van der Waals surface area contributed by atoms with Crippen molar-refractivity contribution in [2.45, 2.75) is 40.0 Å². The number of carbonyl (C=O) groups excluding carboxylic acids is 2. The molecule has 1 heterocycles. The third kappa shape index (κ3) is 4.55. The van der Waals surface area contributed by atoms with Gasteiger partial charge in [-0.1, -0.05) is 20.8 Å². The van der Waals surface area contributed by atoms with Crippen LogP contribution >= 0.6 is 0 Å². The minimum absolute atomic E-state index is 0.109. The lowest BCUT2D eigenvalue weighted by Gasteiger charge is -2.39. The molecular formula is C13H25N3O2. The first-order valence-electron chi connectivity index (χ1n) is 6.62. The van der Waals surface area contributed by atoms with Crippen LogP contribution in [0.25, 0.3) is 0 Å². The molecule has 0 radical (unpaired) electrons. The molecule has 1 atom stereocenters. The quantitative estimate of drug-likeness (QED) is 0.798. The van der Waals surface area contributed by atoms with E-state index >= 15 is 0 Å². The van der Waals surface area contributed by atoms with Gasteiger partial charge in [-0.05, 0) is 24.2 Å². The van der Waals surface area contributed by atoms with Crippen LogP contribution in [0.3, 0.4) is 0 Å². The molecule has 1 aliphatic heterocycles. The fraction of sp³-hybridized carbons (Fsp3) is 0.846. The molecule has 5 nitrogen and oxygen atoms in total. The van der Waals surface area contributed by atoms with Gasteiger partial charge in [0.1, 0.15) is 0 Å². The van der Waals surface area contributed by atoms with Crippen molar-refractivity contribution >= 4 is 11.9 Å². The number of hydrogen-bond donors (Lipinski definition) is 2. The topological polar surface area (TPSA) is 75.4 Å². The van der Waals surface area contributed by atoms with E-state index in [1.54, 1.807) is 0 Å². The molecule has 3 N–H and O–H groups in total. The van der Waals surface area contributed by atoms with Crippen LogP contribution in [0.2, 0.25) is 0 Å². The van der Waals surface area contributed by atoms with Crippen molar-refractivity contribution in [1.82, 2.24) is 10.2 Å². The van der Waals surface area contributed by atoms with E-state index in [0.717, 1.165) is 19.5 Å². The highest BCUT2D eigenvalue weighted by Gasteiger charge is 2.31. The molecule has 3 amide bonds. The summed E-state index contributed by atoms with van der Waals surface area (Å²) in [6.07, 6.45) is 2.59. The molecule has 1 rings (SSSR count). The molecule has 1 aliphatic rings. The minimum atomic E-state index is -0.575. The first-order valence-corrected chi connectivity index (χ1v) is 6.62. The van der Waals surface area contributed by atoms with E-state index in [2.05, 4.69) is 26.1 Å². The number of carbonyl (C=O) groups is 2. The normalized spacial score (nSPS) is 20.6. The van der Waals surface area contributed by atoms with Gasteiger partial charge in [0.25, 0.3) is 0 Å². The summed E-state index contributed by atoms with van der Waals surface area (Å²) in [5.74, 6) is 0.664. The molecule has 1 saturated heterocycles. The summed E-state index contributed by atoms with van der Waals surface area (Å²) in [5.41, 5.74) is 5.20. The molecule has 0 bridgehead atoms. The van der Waals surface area contributed by atoms with Crippen LogP contribution in [0.1, 0.15) is 40.0 Å². The van der Waals surface area contributed by atoms with E-state index in [-0.39, 0.29) is 11.3 Å². The second kappa shape index (κ2) is 6.07. The van der Waals surface area contributed by atoms with Gasteiger partial charge in [-0.2, -0.15) is 0 Å². The predicted octanol–water partition coefficient (Wildman–Crippen LogP) is 1.33. The van der Waals surface area contributed by atoms with E-state index in [9.17, 15) is 9.59 Å². The van der Waals surface area contributed by atoms with Crippen LogP contribution in [0.4, 0.5) is 4.79 Å². The number of rotatable bonds is 3. The van der Waals surface area contributed by atoms with Gasteiger partial charge in [-0.3, -0.25) is 4.79 Å². The third-order valence-corrected chi connectivity index (χ3v) is 3.64. The van der Waals surface area contributed by atoms with Gasteiger partial charge in [0, 0.05) is 26.1 Å². The molecule has 0 aromatic heterocycles. The van der Waals surface area contributed by atoms with Gasteiger partial charge in [-0.15, -0.1) is 0 Å². The zero-order valence-electron chi connectivity index (χ0n) is 11.7. The molecule has 5 heteroatoms. The molecule has 0 aromatic rings. The fourth-order valence-electron chi connectivity index (χ4n) is 2.36. The highest BCUT2D eigenvalue weighted by molar-refractivity contribution is 5.77. The molecule has 0 unspecified atom stereocenters. The Morgan fingerprint density at radius 1 is 1.39 bits per heavy atom. The molecule has 0 spiro atoms. The van der Waals surface area contributed by atoms with Crippen molar-refractivity contribution in [2.75, 3.05) is 19.6 Å². The third-order valence-electron chi connectivity index (χ3n) is 3.64. The number of hydrogen-bond acceptors (Lipinski definition) is 2. The number of nitrogens with one attached hydrogen (secondary N) is 1. The van der Waals surface area contributed by atoms with Crippen LogP contribution in [0.15, 0.2) is 0 Å². The van der Waals surface area contributed by atoms with E-state index in [1.165, 1.54) is 6.42 Å². The summed E-state index contributed by atoms with van der Waals surface area (Å²) in [6.45, 7) is 8.66. The van der Waals surface area contributed by atoms with Crippen molar-refractivity contribution in [1.29, 1.82) is 0 Å². The average Bonchev–Trinajstić information content (AvgIpc) is 2.27. The molecule has 104 valence electrons. The smallest absolute Gasteiger partial charge is 0.312 e. The molecule has 1 fully saturated rings. The van der Waals surface area contributed by atoms with E-state index in [1.807, 2.05) is 4.90 Å². The molecule has 18 heavy (non-hydrogen) atoms. The van der Waals surface area contributed by atoms with Crippen LogP contribution in [-0.4, -0.2) is 36.5 Å². The van der Waals surface area contributed by atoms with Gasteiger partial charge in [0.15, 0.2) is 0 Å². The molecular weight excluding hydrogens is 230 g/mol. The average molecular weight is 255 g/mol. The number of nitrogens with two attached hydrogens (primary N) is 1. The Balaban J connectivity index is 2.41. The molecule has 0 aliphatic carbocycles. The Labute approximate surface area is 109 Å². The van der Waals surface area contributed by atoms with E-state index < -0.39 is 6.03 Å². The number of amides is 3. The van der Waals surface area contributed by atoms with Gasteiger partial charge in [0.05, 0.1) is 0 Å². The van der Waals surface area contributed by atoms with Crippen molar-refractivity contribution in [3.63, 3.8) is 0 Å². The number of piperidine rings is 1. The van der Waals surface area contributed by atoms with Crippen LogP contribution in [-0.2, 0) is 4.79 Å². The summed E-state index contributed by atoms with van der Waals surface area (Å²) in [4.78, 5) is 24.4. The highest BCUT2D eigenvalue weighted by Crippen LogP contribution is 2.33. The van der Waals surface area contributed by atoms with E-state index in [4.69, 9.17) is 5.73 Å². The Hall–Kier alpha value is -1.26. The summed E-state index contributed by atoms with van der Waals surface area (Å²) in [7, 11) is 0. The Morgan fingerprint density at radius 3 is 2.61 bits per heavy atom. The number of urea groups is 1. The lowest BCUT2D eigenvalue weighted by Crippen LogP contribution is -2.44. The van der Waals surface area contributed by atoms with Crippen molar-refractivity contribution in [3.8, 4) is 0 Å². The second-order valence-electron chi connectivity index (χ2n) is 6.09. The Kier molecular flexibility index (Phi) is 4.99.